The Balaban J connectivity index is 1.42. The number of rotatable bonds is 4. The summed E-state index contributed by atoms with van der Waals surface area (Å²) < 4.78 is 19.2. The van der Waals surface area contributed by atoms with Crippen LogP contribution in [0.25, 0.3) is 0 Å². The second-order valence-corrected chi connectivity index (χ2v) is 7.21. The Labute approximate surface area is 169 Å². The van der Waals surface area contributed by atoms with Gasteiger partial charge in [0.15, 0.2) is 0 Å². The normalized spacial score (nSPS) is 12.6. The molecule has 0 amide bonds. The zero-order valence-electron chi connectivity index (χ0n) is 15.8. The van der Waals surface area contributed by atoms with Gasteiger partial charge in [-0.25, -0.2) is 4.39 Å². The maximum Gasteiger partial charge on any atom is 0.131 e. The summed E-state index contributed by atoms with van der Waals surface area (Å²) in [5, 5.41) is 3.40. The standard InChI is InChI=1S/C26H20FNO/c27-20-13-9-18(10-14-20)17-28-21-15-11-19(12-16-21)26-22-5-1-3-7-24(22)29-25-8-4-2-6-23(25)26/h1-16,26,28H,17H2. The summed E-state index contributed by atoms with van der Waals surface area (Å²) in [7, 11) is 0. The van der Waals surface area contributed by atoms with Crippen LogP contribution in [-0.4, -0.2) is 0 Å². The number of nitrogens with one attached hydrogen (secondary N) is 1. The molecule has 4 aromatic rings. The van der Waals surface area contributed by atoms with Crippen molar-refractivity contribution in [2.24, 2.45) is 0 Å². The van der Waals surface area contributed by atoms with Crippen LogP contribution >= 0.6 is 0 Å². The zero-order valence-corrected chi connectivity index (χ0v) is 15.8. The number of hydrogen-bond donors (Lipinski definition) is 1. The summed E-state index contributed by atoms with van der Waals surface area (Å²) in [5.41, 5.74) is 5.66. The summed E-state index contributed by atoms with van der Waals surface area (Å²) in [6, 6.07) is 31.5. The number of halogens is 1. The van der Waals surface area contributed by atoms with Crippen molar-refractivity contribution in [1.82, 2.24) is 0 Å². The maximum atomic E-state index is 13.1. The van der Waals surface area contributed by atoms with Crippen LogP contribution in [0.5, 0.6) is 11.5 Å². The molecule has 5 rings (SSSR count). The molecule has 1 aliphatic rings. The number of anilines is 1. The highest BCUT2D eigenvalue weighted by Gasteiger charge is 2.27. The molecule has 1 aliphatic heterocycles. The van der Waals surface area contributed by atoms with Crippen LogP contribution in [-0.2, 0) is 6.54 Å². The number of ether oxygens (including phenoxy) is 1. The fourth-order valence-electron chi connectivity index (χ4n) is 3.87. The van der Waals surface area contributed by atoms with Crippen LogP contribution < -0.4 is 10.1 Å². The molecule has 0 saturated carbocycles. The molecular weight excluding hydrogens is 361 g/mol. The van der Waals surface area contributed by atoms with E-state index in [0.717, 1.165) is 22.7 Å². The molecule has 142 valence electrons. The Hall–Kier alpha value is -3.59. The lowest BCUT2D eigenvalue weighted by Gasteiger charge is -2.28. The SMILES string of the molecule is Fc1ccc(CNc2ccc(C3c4ccccc4Oc4ccccc43)cc2)cc1. The van der Waals surface area contributed by atoms with Crippen LogP contribution in [0.2, 0.25) is 0 Å². The summed E-state index contributed by atoms with van der Waals surface area (Å²) in [6.07, 6.45) is 0. The molecule has 0 aliphatic carbocycles. The van der Waals surface area contributed by atoms with Gasteiger partial charge in [0.25, 0.3) is 0 Å². The third-order valence-corrected chi connectivity index (χ3v) is 5.33. The lowest BCUT2D eigenvalue weighted by Crippen LogP contribution is -2.11. The fraction of sp³-hybridized carbons (Fsp3) is 0.0769. The van der Waals surface area contributed by atoms with Crippen LogP contribution in [0.4, 0.5) is 10.1 Å². The highest BCUT2D eigenvalue weighted by Crippen LogP contribution is 2.46. The van der Waals surface area contributed by atoms with Gasteiger partial charge in [-0.15, -0.1) is 0 Å². The van der Waals surface area contributed by atoms with Crippen molar-refractivity contribution < 1.29 is 9.13 Å². The van der Waals surface area contributed by atoms with Crippen LogP contribution in [0.3, 0.4) is 0 Å². The molecule has 2 nitrogen and oxygen atoms in total. The van der Waals surface area contributed by atoms with Crippen molar-refractivity contribution in [3.8, 4) is 11.5 Å². The minimum atomic E-state index is -0.213. The quantitative estimate of drug-likeness (QED) is 0.373. The fourth-order valence-corrected chi connectivity index (χ4v) is 3.87. The van der Waals surface area contributed by atoms with Gasteiger partial charge in [0, 0.05) is 29.3 Å². The van der Waals surface area contributed by atoms with Crippen LogP contribution in [0.1, 0.15) is 28.2 Å². The van der Waals surface area contributed by atoms with E-state index < -0.39 is 0 Å². The number of fused-ring (bicyclic) bond motifs is 2. The molecule has 0 aromatic heterocycles. The molecule has 0 radical (unpaired) electrons. The summed E-state index contributed by atoms with van der Waals surface area (Å²) in [5.74, 6) is 1.75. The van der Waals surface area contributed by atoms with E-state index >= 15 is 0 Å². The smallest absolute Gasteiger partial charge is 0.131 e. The highest BCUT2D eigenvalue weighted by molar-refractivity contribution is 5.59. The first-order valence-electron chi connectivity index (χ1n) is 9.72. The molecule has 0 fully saturated rings. The molecular formula is C26H20FNO. The lowest BCUT2D eigenvalue weighted by atomic mass is 9.82. The van der Waals surface area contributed by atoms with Gasteiger partial charge in [-0.05, 0) is 47.5 Å². The Morgan fingerprint density at radius 1 is 0.690 bits per heavy atom. The van der Waals surface area contributed by atoms with Gasteiger partial charge in [-0.3, -0.25) is 0 Å². The number of benzene rings is 4. The molecule has 0 saturated heterocycles. The Bertz CT molecular complexity index is 1090. The van der Waals surface area contributed by atoms with Crippen molar-refractivity contribution in [2.75, 3.05) is 5.32 Å². The molecule has 0 bridgehead atoms. The van der Waals surface area contributed by atoms with E-state index in [1.165, 1.54) is 28.8 Å². The van der Waals surface area contributed by atoms with Crippen LogP contribution in [0.15, 0.2) is 97.1 Å². The van der Waals surface area contributed by atoms with Gasteiger partial charge in [-0.1, -0.05) is 60.7 Å². The molecule has 0 spiro atoms. The molecule has 4 aromatic carbocycles. The molecule has 1 N–H and O–H groups in total. The van der Waals surface area contributed by atoms with E-state index in [-0.39, 0.29) is 11.7 Å². The maximum absolute atomic E-state index is 13.1. The summed E-state index contributed by atoms with van der Waals surface area (Å²) in [6.45, 7) is 0.655. The number of hydrogen-bond acceptors (Lipinski definition) is 2. The molecule has 3 heteroatoms. The third-order valence-electron chi connectivity index (χ3n) is 5.33. The summed E-state index contributed by atoms with van der Waals surface area (Å²) >= 11 is 0. The van der Waals surface area contributed by atoms with Crippen molar-refractivity contribution in [3.63, 3.8) is 0 Å². The average molecular weight is 381 g/mol. The third kappa shape index (κ3) is 3.47. The molecule has 0 atom stereocenters. The topological polar surface area (TPSA) is 21.3 Å². The predicted octanol–water partition coefficient (Wildman–Crippen LogP) is 6.72. The minimum Gasteiger partial charge on any atom is -0.457 e. The van der Waals surface area contributed by atoms with E-state index in [1.807, 2.05) is 24.3 Å². The van der Waals surface area contributed by atoms with E-state index in [4.69, 9.17) is 4.74 Å². The van der Waals surface area contributed by atoms with Crippen LogP contribution in [0, 0.1) is 5.82 Å². The van der Waals surface area contributed by atoms with Gasteiger partial charge in [0.05, 0.1) is 0 Å². The van der Waals surface area contributed by atoms with Gasteiger partial charge >= 0.3 is 0 Å². The largest absolute Gasteiger partial charge is 0.457 e. The van der Waals surface area contributed by atoms with Crippen molar-refractivity contribution >= 4 is 5.69 Å². The summed E-state index contributed by atoms with van der Waals surface area (Å²) in [4.78, 5) is 0. The van der Waals surface area contributed by atoms with Gasteiger partial charge in [0.2, 0.25) is 0 Å². The van der Waals surface area contributed by atoms with E-state index in [0.29, 0.717) is 6.54 Å². The second-order valence-electron chi connectivity index (χ2n) is 7.21. The van der Waals surface area contributed by atoms with E-state index in [2.05, 4.69) is 53.8 Å². The Kier molecular flexibility index (Phi) is 4.49. The Morgan fingerprint density at radius 2 is 1.28 bits per heavy atom. The van der Waals surface area contributed by atoms with E-state index in [9.17, 15) is 4.39 Å². The highest BCUT2D eigenvalue weighted by atomic mass is 19.1. The zero-order chi connectivity index (χ0) is 19.6. The van der Waals surface area contributed by atoms with E-state index in [1.54, 1.807) is 12.1 Å². The average Bonchev–Trinajstić information content (AvgIpc) is 2.77. The first kappa shape index (κ1) is 17.5. The molecule has 0 unspecified atom stereocenters. The van der Waals surface area contributed by atoms with Gasteiger partial charge in [-0.2, -0.15) is 0 Å². The van der Waals surface area contributed by atoms with Crippen molar-refractivity contribution in [1.29, 1.82) is 0 Å². The predicted molar refractivity (Wildman–Crippen MR) is 114 cm³/mol. The first-order chi connectivity index (χ1) is 14.3. The Morgan fingerprint density at radius 3 is 1.90 bits per heavy atom. The molecule has 29 heavy (non-hydrogen) atoms. The lowest BCUT2D eigenvalue weighted by molar-refractivity contribution is 0.453. The minimum absolute atomic E-state index is 0.141. The number of para-hydroxylation sites is 2. The second kappa shape index (κ2) is 7.44. The molecule has 1 heterocycles. The van der Waals surface area contributed by atoms with Gasteiger partial charge in [0.1, 0.15) is 17.3 Å². The van der Waals surface area contributed by atoms with Crippen molar-refractivity contribution in [2.45, 2.75) is 12.5 Å². The van der Waals surface area contributed by atoms with Gasteiger partial charge < -0.3 is 10.1 Å². The first-order valence-corrected chi connectivity index (χ1v) is 9.72. The monoisotopic (exact) mass is 381 g/mol. The van der Waals surface area contributed by atoms with Crippen molar-refractivity contribution in [3.05, 3.63) is 125 Å².